The number of pyridine rings is 2. The van der Waals surface area contributed by atoms with Gasteiger partial charge in [0.05, 0.1) is 34.8 Å². The number of carbonyl (C=O) groups excluding carboxylic acids is 1. The highest BCUT2D eigenvalue weighted by Crippen LogP contribution is 2.31. The van der Waals surface area contributed by atoms with Crippen LogP contribution in [0.15, 0.2) is 42.7 Å². The minimum Gasteiger partial charge on any atom is -0.391 e. The number of nitrogens with two attached hydrogens (primary N) is 1. The molecular formula is C27H30F3N5O3. The van der Waals surface area contributed by atoms with Crippen LogP contribution in [0.25, 0.3) is 11.3 Å². The molecule has 4 rings (SSSR count). The second-order valence-electron chi connectivity index (χ2n) is 10.3. The summed E-state index contributed by atoms with van der Waals surface area (Å²) >= 11 is 0. The third-order valence-corrected chi connectivity index (χ3v) is 6.40. The van der Waals surface area contributed by atoms with Crippen LogP contribution >= 0.6 is 0 Å². The first-order valence-corrected chi connectivity index (χ1v) is 12.1. The molecule has 0 aliphatic carbocycles. The van der Waals surface area contributed by atoms with Gasteiger partial charge in [-0.3, -0.25) is 9.78 Å². The second kappa shape index (κ2) is 10.7. The Labute approximate surface area is 218 Å². The molecule has 3 aromatic rings. The molecule has 0 spiro atoms. The first-order valence-electron chi connectivity index (χ1n) is 12.1. The minimum atomic E-state index is -1.20. The van der Waals surface area contributed by atoms with Crippen LogP contribution in [0.5, 0.6) is 0 Å². The van der Waals surface area contributed by atoms with Crippen molar-refractivity contribution in [1.82, 2.24) is 9.97 Å². The molecular weight excluding hydrogens is 499 g/mol. The van der Waals surface area contributed by atoms with Gasteiger partial charge in [-0.1, -0.05) is 6.92 Å². The molecule has 0 bridgehead atoms. The Morgan fingerprint density at radius 1 is 1.16 bits per heavy atom. The van der Waals surface area contributed by atoms with E-state index < -0.39 is 52.4 Å². The summed E-state index contributed by atoms with van der Waals surface area (Å²) in [4.78, 5) is 23.0. The van der Waals surface area contributed by atoms with Crippen LogP contribution < -0.4 is 16.0 Å². The Hall–Kier alpha value is -3.54. The predicted molar refractivity (Wildman–Crippen MR) is 137 cm³/mol. The fourth-order valence-electron chi connectivity index (χ4n) is 4.65. The number of anilines is 2. The van der Waals surface area contributed by atoms with Crippen molar-refractivity contribution in [3.63, 3.8) is 0 Å². The normalized spacial score (nSPS) is 19.9. The molecule has 2 aromatic heterocycles. The summed E-state index contributed by atoms with van der Waals surface area (Å²) in [5, 5.41) is 22.8. The van der Waals surface area contributed by atoms with Gasteiger partial charge in [0.2, 0.25) is 0 Å². The quantitative estimate of drug-likeness (QED) is 0.386. The van der Waals surface area contributed by atoms with E-state index in [1.165, 1.54) is 20.0 Å². The lowest BCUT2D eigenvalue weighted by Crippen LogP contribution is -2.55. The third-order valence-electron chi connectivity index (χ3n) is 6.40. The molecule has 3 heterocycles. The lowest BCUT2D eigenvalue weighted by molar-refractivity contribution is 0.0785. The van der Waals surface area contributed by atoms with Crippen LogP contribution in [0.1, 0.15) is 36.8 Å². The van der Waals surface area contributed by atoms with Crippen LogP contribution in [0.3, 0.4) is 0 Å². The summed E-state index contributed by atoms with van der Waals surface area (Å²) in [5.74, 6) is -4.00. The lowest BCUT2D eigenvalue weighted by atomic mass is 9.92. The number of amides is 1. The highest BCUT2D eigenvalue weighted by Gasteiger charge is 2.32. The van der Waals surface area contributed by atoms with Gasteiger partial charge in [0, 0.05) is 37.7 Å². The highest BCUT2D eigenvalue weighted by molar-refractivity contribution is 6.04. The Morgan fingerprint density at radius 3 is 2.47 bits per heavy atom. The number of benzene rings is 1. The molecule has 5 N–H and O–H groups in total. The van der Waals surface area contributed by atoms with Crippen LogP contribution in [0.2, 0.25) is 0 Å². The molecule has 1 aromatic carbocycles. The molecule has 1 fully saturated rings. The first-order chi connectivity index (χ1) is 17.8. The number of nitrogens with zero attached hydrogens (tertiary/aromatic N) is 3. The first kappa shape index (κ1) is 27.5. The zero-order valence-electron chi connectivity index (χ0n) is 21.3. The van der Waals surface area contributed by atoms with Crippen molar-refractivity contribution in [3.8, 4) is 11.3 Å². The number of hydrogen-bond donors (Lipinski definition) is 4. The summed E-state index contributed by atoms with van der Waals surface area (Å²) in [7, 11) is 0. The molecule has 3 atom stereocenters. The number of aromatic nitrogens is 2. The largest absolute Gasteiger partial charge is 0.391 e. The minimum absolute atomic E-state index is 0.0212. The fourth-order valence-corrected chi connectivity index (χ4v) is 4.65. The smallest absolute Gasteiger partial charge is 0.274 e. The zero-order chi connectivity index (χ0) is 27.8. The van der Waals surface area contributed by atoms with Crippen molar-refractivity contribution in [3.05, 3.63) is 71.4 Å². The van der Waals surface area contributed by atoms with Crippen LogP contribution in [-0.2, 0) is 6.42 Å². The van der Waals surface area contributed by atoms with E-state index in [0.717, 1.165) is 24.3 Å². The van der Waals surface area contributed by atoms with Crippen molar-refractivity contribution in [2.75, 3.05) is 23.3 Å². The maximum atomic E-state index is 14.9. The number of aliphatic hydroxyl groups excluding tert-OH is 1. The van der Waals surface area contributed by atoms with Gasteiger partial charge in [-0.2, -0.15) is 0 Å². The molecule has 1 saturated heterocycles. The number of rotatable bonds is 6. The molecule has 0 saturated carbocycles. The molecule has 8 nitrogen and oxygen atoms in total. The average molecular weight is 530 g/mol. The van der Waals surface area contributed by atoms with Gasteiger partial charge in [-0.15, -0.1) is 0 Å². The number of carbonyl (C=O) groups is 1. The van der Waals surface area contributed by atoms with Gasteiger partial charge in [0.15, 0.2) is 0 Å². The number of aliphatic hydroxyl groups is 2. The molecule has 1 amide bonds. The van der Waals surface area contributed by atoms with E-state index in [2.05, 4.69) is 15.3 Å². The van der Waals surface area contributed by atoms with Gasteiger partial charge in [-0.25, -0.2) is 18.2 Å². The highest BCUT2D eigenvalue weighted by atomic mass is 19.1. The van der Waals surface area contributed by atoms with Crippen molar-refractivity contribution in [2.24, 2.45) is 11.7 Å². The maximum absolute atomic E-state index is 14.9. The van der Waals surface area contributed by atoms with Crippen LogP contribution in [-0.4, -0.2) is 56.9 Å². The number of halogens is 3. The molecule has 38 heavy (non-hydrogen) atoms. The van der Waals surface area contributed by atoms with Gasteiger partial charge in [0.25, 0.3) is 5.91 Å². The van der Waals surface area contributed by atoms with Gasteiger partial charge >= 0.3 is 0 Å². The van der Waals surface area contributed by atoms with Gasteiger partial charge in [0.1, 0.15) is 28.8 Å². The lowest BCUT2D eigenvalue weighted by Gasteiger charge is -2.40. The van der Waals surface area contributed by atoms with E-state index in [1.807, 2.05) is 11.8 Å². The molecule has 0 radical (unpaired) electrons. The maximum Gasteiger partial charge on any atom is 0.274 e. The number of hydrogen-bond acceptors (Lipinski definition) is 7. The third kappa shape index (κ3) is 5.95. The Morgan fingerprint density at radius 2 is 1.84 bits per heavy atom. The summed E-state index contributed by atoms with van der Waals surface area (Å²) in [5.41, 5.74) is 4.37. The standard InChI is InChI=1S/C27H30F3N5O3/c1-14-12-35(13-19(31)25(14)36)22-6-7-32-11-21(22)34-26(37)20-5-4-16(28)24(33-20)23-17(29)8-15(9-18(23)30)10-27(2,3)38/h4-9,11,14,19,25,36,38H,10,12-13,31H2,1-3H3,(H,34,37)/t14-,19+,25+/m0/s1. The molecule has 1 aliphatic heterocycles. The van der Waals surface area contributed by atoms with Crippen molar-refractivity contribution in [1.29, 1.82) is 0 Å². The van der Waals surface area contributed by atoms with E-state index in [4.69, 9.17) is 5.73 Å². The van der Waals surface area contributed by atoms with Crippen molar-refractivity contribution < 1.29 is 28.2 Å². The zero-order valence-corrected chi connectivity index (χ0v) is 21.3. The van der Waals surface area contributed by atoms with E-state index >= 15 is 0 Å². The Bertz CT molecular complexity index is 1310. The summed E-state index contributed by atoms with van der Waals surface area (Å²) in [6, 6.07) is 5.24. The van der Waals surface area contributed by atoms with Crippen LogP contribution in [0.4, 0.5) is 24.5 Å². The summed E-state index contributed by atoms with van der Waals surface area (Å²) < 4.78 is 44.5. The second-order valence-corrected chi connectivity index (χ2v) is 10.3. The van der Waals surface area contributed by atoms with E-state index in [9.17, 15) is 28.2 Å². The SMILES string of the molecule is C[C@H]1CN(c2ccncc2NC(=O)c2ccc(F)c(-c3c(F)cc(CC(C)(C)O)cc3F)n2)C[C@@H](N)[C@@H]1O. The fraction of sp³-hybridized carbons (Fsp3) is 0.370. The molecule has 0 unspecified atom stereocenters. The molecule has 1 aliphatic rings. The Kier molecular flexibility index (Phi) is 7.73. The Balaban J connectivity index is 1.62. The molecule has 202 valence electrons. The van der Waals surface area contributed by atoms with E-state index in [0.29, 0.717) is 24.5 Å². The van der Waals surface area contributed by atoms with Gasteiger partial charge in [-0.05, 0) is 49.7 Å². The number of nitrogens with one attached hydrogen (secondary N) is 1. The summed E-state index contributed by atoms with van der Waals surface area (Å²) in [6.45, 7) is 5.70. The van der Waals surface area contributed by atoms with Crippen LogP contribution in [0, 0.1) is 23.4 Å². The number of piperidine rings is 1. The summed E-state index contributed by atoms with van der Waals surface area (Å²) in [6.07, 6.45) is 2.30. The van der Waals surface area contributed by atoms with Crippen molar-refractivity contribution in [2.45, 2.75) is 44.9 Å². The van der Waals surface area contributed by atoms with E-state index in [1.54, 1.807) is 12.3 Å². The average Bonchev–Trinajstić information content (AvgIpc) is 2.82. The van der Waals surface area contributed by atoms with E-state index in [-0.39, 0.29) is 23.6 Å². The topological polar surface area (TPSA) is 125 Å². The van der Waals surface area contributed by atoms with Crippen molar-refractivity contribution >= 4 is 17.3 Å². The monoisotopic (exact) mass is 529 g/mol. The predicted octanol–water partition coefficient (Wildman–Crippen LogP) is 3.27. The molecule has 11 heteroatoms. The van der Waals surface area contributed by atoms with Gasteiger partial charge < -0.3 is 26.2 Å².